The molecule has 0 unspecified atom stereocenters. The fourth-order valence-corrected chi connectivity index (χ4v) is 3.18. The number of rotatable bonds is 5. The van der Waals surface area contributed by atoms with Gasteiger partial charge >= 0.3 is 0 Å². The highest BCUT2D eigenvalue weighted by atomic mass is 35.5. The maximum Gasteiger partial charge on any atom is 0.265 e. The third-order valence-corrected chi connectivity index (χ3v) is 4.54. The number of amides is 2. The summed E-state index contributed by atoms with van der Waals surface area (Å²) >= 11 is 12.0. The molecule has 0 saturated carbocycles. The highest BCUT2D eigenvalue weighted by Gasteiger charge is 2.25. The molecule has 0 bridgehead atoms. The van der Waals surface area contributed by atoms with Gasteiger partial charge < -0.3 is 15.0 Å². The first-order valence-electron chi connectivity index (χ1n) is 8.49. The number of nitrogens with one attached hydrogen (secondary N) is 1. The third kappa shape index (κ3) is 4.74. The lowest BCUT2D eigenvalue weighted by Crippen LogP contribution is -2.39. The van der Waals surface area contributed by atoms with Crippen LogP contribution >= 0.6 is 23.2 Å². The van der Waals surface area contributed by atoms with Crippen molar-refractivity contribution in [2.45, 2.75) is 6.92 Å². The zero-order valence-electron chi connectivity index (χ0n) is 15.2. The van der Waals surface area contributed by atoms with Crippen molar-refractivity contribution in [1.82, 2.24) is 0 Å². The van der Waals surface area contributed by atoms with Gasteiger partial charge in [0.05, 0.1) is 5.69 Å². The summed E-state index contributed by atoms with van der Waals surface area (Å²) in [7, 11) is 0. The van der Waals surface area contributed by atoms with Gasteiger partial charge in [0.2, 0.25) is 5.91 Å². The molecule has 0 aliphatic carbocycles. The minimum Gasteiger partial charge on any atom is -0.482 e. The van der Waals surface area contributed by atoms with E-state index in [9.17, 15) is 9.59 Å². The number of carbonyl (C=O) groups excluding carboxylic acids is 2. The van der Waals surface area contributed by atoms with Crippen LogP contribution in [0.4, 0.5) is 11.4 Å². The first-order valence-corrected chi connectivity index (χ1v) is 9.25. The second kappa shape index (κ2) is 8.50. The largest absolute Gasteiger partial charge is 0.482 e. The summed E-state index contributed by atoms with van der Waals surface area (Å²) in [5.74, 6) is 0.0964. The van der Waals surface area contributed by atoms with E-state index in [1.54, 1.807) is 47.4 Å². The molecule has 0 atom stereocenters. The number of nitrogens with zero attached hydrogens (tertiary/aromatic N) is 1. The molecule has 0 aromatic heterocycles. The maximum absolute atomic E-state index is 12.3. The summed E-state index contributed by atoms with van der Waals surface area (Å²) in [6.07, 6.45) is 2.98. The van der Waals surface area contributed by atoms with E-state index in [0.717, 1.165) is 5.57 Å². The van der Waals surface area contributed by atoms with Crippen LogP contribution in [0.15, 0.2) is 54.6 Å². The molecule has 1 N–H and O–H groups in total. The van der Waals surface area contributed by atoms with Gasteiger partial charge in [-0.25, -0.2) is 0 Å². The maximum atomic E-state index is 12.3. The number of fused-ring (bicyclic) bond motifs is 1. The molecule has 28 heavy (non-hydrogen) atoms. The van der Waals surface area contributed by atoms with Crippen molar-refractivity contribution in [2.75, 3.05) is 23.4 Å². The number of hydrogen-bond donors (Lipinski definition) is 1. The first kappa shape index (κ1) is 20.0. The third-order valence-electron chi connectivity index (χ3n) is 3.97. The lowest BCUT2D eigenvalue weighted by Gasteiger charge is -2.30. The molecular weight excluding hydrogens is 399 g/mol. The molecule has 1 aliphatic rings. The number of hydrogen-bond acceptors (Lipinski definition) is 3. The first-order chi connectivity index (χ1) is 13.3. The molecule has 1 aliphatic heterocycles. The van der Waals surface area contributed by atoms with Gasteiger partial charge in [-0.1, -0.05) is 41.4 Å². The molecule has 144 valence electrons. The smallest absolute Gasteiger partial charge is 0.265 e. The van der Waals surface area contributed by atoms with Crippen LogP contribution in [0.1, 0.15) is 12.5 Å². The van der Waals surface area contributed by atoms with Gasteiger partial charge in [0.25, 0.3) is 5.91 Å². The van der Waals surface area contributed by atoms with Gasteiger partial charge in [-0.05, 0) is 48.9 Å². The highest BCUT2D eigenvalue weighted by Crippen LogP contribution is 2.35. The number of carbonyl (C=O) groups is 2. The molecule has 0 spiro atoms. The summed E-state index contributed by atoms with van der Waals surface area (Å²) in [5.41, 5.74) is 2.67. The number of halogens is 2. The predicted molar refractivity (Wildman–Crippen MR) is 113 cm³/mol. The van der Waals surface area contributed by atoms with Crippen LogP contribution in [0.25, 0.3) is 6.08 Å². The molecule has 0 saturated heterocycles. The molecule has 2 aromatic rings. The van der Waals surface area contributed by atoms with E-state index in [1.165, 1.54) is 6.08 Å². The Morgan fingerprint density at radius 3 is 2.79 bits per heavy atom. The molecule has 2 aromatic carbocycles. The fourth-order valence-electron chi connectivity index (χ4n) is 2.71. The second-order valence-corrected chi connectivity index (χ2v) is 7.24. The van der Waals surface area contributed by atoms with Crippen LogP contribution in [-0.2, 0) is 9.59 Å². The van der Waals surface area contributed by atoms with Crippen molar-refractivity contribution < 1.29 is 14.3 Å². The van der Waals surface area contributed by atoms with Crippen molar-refractivity contribution in [2.24, 2.45) is 0 Å². The Balaban J connectivity index is 1.76. The van der Waals surface area contributed by atoms with E-state index in [-0.39, 0.29) is 18.4 Å². The van der Waals surface area contributed by atoms with Crippen molar-refractivity contribution >= 4 is 52.5 Å². The van der Waals surface area contributed by atoms with Crippen molar-refractivity contribution in [3.05, 3.63) is 70.2 Å². The summed E-state index contributed by atoms with van der Waals surface area (Å²) in [4.78, 5) is 26.0. The van der Waals surface area contributed by atoms with E-state index in [0.29, 0.717) is 39.3 Å². The standard InChI is InChI=1S/C21H18Cl2N2O3/c1-13(2)11-25-18-10-16(6-7-19(18)28-12-21(25)27)24-20(26)8-4-14-3-5-15(22)9-17(14)23/h3-10H,1,11-12H2,2H3,(H,24,26)/b8-4+. The Kier molecular flexibility index (Phi) is 6.07. The Hall–Kier alpha value is -2.76. The van der Waals surface area contributed by atoms with Crippen LogP contribution in [0.3, 0.4) is 0 Å². The van der Waals surface area contributed by atoms with Crippen molar-refractivity contribution in [3.63, 3.8) is 0 Å². The minimum atomic E-state index is -0.333. The fraction of sp³-hybridized carbons (Fsp3) is 0.143. The molecule has 5 nitrogen and oxygen atoms in total. The normalized spacial score (nSPS) is 13.2. The van der Waals surface area contributed by atoms with E-state index >= 15 is 0 Å². The van der Waals surface area contributed by atoms with Gasteiger partial charge in [-0.3, -0.25) is 9.59 Å². The quantitative estimate of drug-likeness (QED) is 0.554. The Bertz CT molecular complexity index is 986. The second-order valence-electron chi connectivity index (χ2n) is 6.40. The monoisotopic (exact) mass is 416 g/mol. The minimum absolute atomic E-state index is 0.0173. The molecule has 2 amide bonds. The van der Waals surface area contributed by atoms with E-state index in [2.05, 4.69) is 11.9 Å². The van der Waals surface area contributed by atoms with Gasteiger partial charge in [-0.15, -0.1) is 0 Å². The molecule has 7 heteroatoms. The Labute approximate surface area is 173 Å². The number of ether oxygens (including phenoxy) is 1. The molecule has 3 rings (SSSR count). The van der Waals surface area contributed by atoms with Crippen molar-refractivity contribution in [1.29, 1.82) is 0 Å². The van der Waals surface area contributed by atoms with E-state index < -0.39 is 0 Å². The van der Waals surface area contributed by atoms with Gasteiger partial charge in [0.15, 0.2) is 6.61 Å². The van der Waals surface area contributed by atoms with Gasteiger partial charge in [0, 0.05) is 28.4 Å². The van der Waals surface area contributed by atoms with Crippen LogP contribution in [0, 0.1) is 0 Å². The zero-order valence-corrected chi connectivity index (χ0v) is 16.7. The average molecular weight is 417 g/mol. The summed E-state index contributed by atoms with van der Waals surface area (Å²) in [5, 5.41) is 3.75. The Morgan fingerprint density at radius 2 is 2.07 bits per heavy atom. The van der Waals surface area contributed by atoms with Gasteiger partial charge in [0.1, 0.15) is 5.75 Å². The average Bonchev–Trinajstić information content (AvgIpc) is 2.63. The lowest BCUT2D eigenvalue weighted by atomic mass is 10.1. The zero-order chi connectivity index (χ0) is 20.3. The SMILES string of the molecule is C=C(C)CN1C(=O)COc2ccc(NC(=O)/C=C/c3ccc(Cl)cc3Cl)cc21. The van der Waals surface area contributed by atoms with Crippen LogP contribution < -0.4 is 15.0 Å². The lowest BCUT2D eigenvalue weighted by molar-refractivity contribution is -0.121. The molecule has 0 radical (unpaired) electrons. The van der Waals surface area contributed by atoms with Crippen LogP contribution in [0.5, 0.6) is 5.75 Å². The molecule has 0 fully saturated rings. The summed E-state index contributed by atoms with van der Waals surface area (Å²) in [6.45, 7) is 6.08. The molecular formula is C21H18Cl2N2O3. The van der Waals surface area contributed by atoms with E-state index in [4.69, 9.17) is 27.9 Å². The number of anilines is 2. The van der Waals surface area contributed by atoms with Crippen molar-refractivity contribution in [3.8, 4) is 5.75 Å². The predicted octanol–water partition coefficient (Wildman–Crippen LogP) is 4.95. The van der Waals surface area contributed by atoms with Crippen LogP contribution in [-0.4, -0.2) is 25.0 Å². The van der Waals surface area contributed by atoms with Crippen LogP contribution in [0.2, 0.25) is 10.0 Å². The van der Waals surface area contributed by atoms with Gasteiger partial charge in [-0.2, -0.15) is 0 Å². The Morgan fingerprint density at radius 1 is 1.29 bits per heavy atom. The molecule has 1 heterocycles. The highest BCUT2D eigenvalue weighted by molar-refractivity contribution is 6.35. The van der Waals surface area contributed by atoms with E-state index in [1.807, 2.05) is 6.92 Å². The summed E-state index contributed by atoms with van der Waals surface area (Å²) < 4.78 is 5.46. The number of benzene rings is 2. The summed E-state index contributed by atoms with van der Waals surface area (Å²) in [6, 6.07) is 10.2. The topological polar surface area (TPSA) is 58.6 Å².